The largest absolute Gasteiger partial charge is 0.307 e. The first kappa shape index (κ1) is 15.9. The normalized spacial score (nSPS) is 34.0. The summed E-state index contributed by atoms with van der Waals surface area (Å²) in [7, 11) is 0. The molecule has 0 aromatic heterocycles. The summed E-state index contributed by atoms with van der Waals surface area (Å²) in [5, 5.41) is 12.4. The Hall–Kier alpha value is -1.65. The van der Waals surface area contributed by atoms with Gasteiger partial charge in [0.25, 0.3) is 5.91 Å². The third-order valence-electron chi connectivity index (χ3n) is 6.22. The van der Waals surface area contributed by atoms with Crippen LogP contribution < -0.4 is 10.8 Å². The molecule has 0 radical (unpaired) electrons. The molecule has 4 saturated carbocycles. The lowest BCUT2D eigenvalue weighted by Gasteiger charge is -2.57. The molecule has 0 saturated heterocycles. The molecular weight excluding hydrogens is 300 g/mol. The average molecular weight is 326 g/mol. The molecule has 4 nitrogen and oxygen atoms in total. The number of benzene rings is 1. The highest BCUT2D eigenvalue weighted by atomic mass is 16.5. The van der Waals surface area contributed by atoms with Gasteiger partial charge in [0, 0.05) is 18.2 Å². The van der Waals surface area contributed by atoms with Gasteiger partial charge in [0.2, 0.25) is 0 Å². The van der Waals surface area contributed by atoms with Gasteiger partial charge in [-0.3, -0.25) is 10.0 Å². The maximum atomic E-state index is 11.0. The van der Waals surface area contributed by atoms with Crippen LogP contribution in [0.1, 0.15) is 49.7 Å². The fourth-order valence-electron chi connectivity index (χ4n) is 5.57. The SMILES string of the molecule is O=C(/C=C/c1ccc(CNC23CC4CC(CC(C4)C2)C3)cc1)NO. The maximum Gasteiger partial charge on any atom is 0.267 e. The van der Waals surface area contributed by atoms with Gasteiger partial charge in [-0.2, -0.15) is 0 Å². The van der Waals surface area contributed by atoms with E-state index in [0.29, 0.717) is 5.54 Å². The van der Waals surface area contributed by atoms with Gasteiger partial charge in [-0.05, 0) is 73.5 Å². The van der Waals surface area contributed by atoms with Gasteiger partial charge in [-0.1, -0.05) is 24.3 Å². The molecule has 4 fully saturated rings. The molecule has 128 valence electrons. The summed E-state index contributed by atoms with van der Waals surface area (Å²) in [4.78, 5) is 11.0. The van der Waals surface area contributed by atoms with Crippen molar-refractivity contribution in [2.45, 2.75) is 50.6 Å². The number of hydroxylamine groups is 1. The molecule has 0 aliphatic heterocycles. The lowest BCUT2D eigenvalue weighted by Crippen LogP contribution is -2.58. The number of carbonyl (C=O) groups excluding carboxylic acids is 1. The predicted octanol–water partition coefficient (Wildman–Crippen LogP) is 3.26. The van der Waals surface area contributed by atoms with Crippen molar-refractivity contribution < 1.29 is 10.0 Å². The van der Waals surface area contributed by atoms with E-state index < -0.39 is 5.91 Å². The Morgan fingerprint density at radius 2 is 1.67 bits per heavy atom. The van der Waals surface area contributed by atoms with Gasteiger partial charge in [-0.15, -0.1) is 0 Å². The van der Waals surface area contributed by atoms with E-state index >= 15 is 0 Å². The molecule has 0 spiro atoms. The summed E-state index contributed by atoms with van der Waals surface area (Å²) < 4.78 is 0. The Morgan fingerprint density at radius 3 is 2.21 bits per heavy atom. The lowest BCUT2D eigenvalue weighted by atomic mass is 9.53. The maximum absolute atomic E-state index is 11.0. The van der Waals surface area contributed by atoms with Crippen LogP contribution in [0.25, 0.3) is 6.08 Å². The Labute approximate surface area is 143 Å². The zero-order chi connectivity index (χ0) is 16.6. The molecule has 24 heavy (non-hydrogen) atoms. The van der Waals surface area contributed by atoms with Crippen LogP contribution in [-0.4, -0.2) is 16.7 Å². The molecule has 0 unspecified atom stereocenters. The molecule has 0 heterocycles. The van der Waals surface area contributed by atoms with Gasteiger partial charge >= 0.3 is 0 Å². The van der Waals surface area contributed by atoms with E-state index in [0.717, 1.165) is 29.9 Å². The lowest BCUT2D eigenvalue weighted by molar-refractivity contribution is -0.124. The van der Waals surface area contributed by atoms with Crippen molar-refractivity contribution in [1.82, 2.24) is 10.8 Å². The van der Waals surface area contributed by atoms with Gasteiger partial charge in [0.1, 0.15) is 0 Å². The van der Waals surface area contributed by atoms with Crippen molar-refractivity contribution >= 4 is 12.0 Å². The highest BCUT2D eigenvalue weighted by Crippen LogP contribution is 2.55. The average Bonchev–Trinajstić information content (AvgIpc) is 2.57. The Morgan fingerprint density at radius 1 is 1.08 bits per heavy atom. The summed E-state index contributed by atoms with van der Waals surface area (Å²) >= 11 is 0. The van der Waals surface area contributed by atoms with Crippen molar-refractivity contribution in [1.29, 1.82) is 0 Å². The van der Waals surface area contributed by atoms with E-state index in [9.17, 15) is 4.79 Å². The van der Waals surface area contributed by atoms with Crippen LogP contribution in [0.4, 0.5) is 0 Å². The smallest absolute Gasteiger partial charge is 0.267 e. The van der Waals surface area contributed by atoms with Crippen molar-refractivity contribution in [3.8, 4) is 0 Å². The van der Waals surface area contributed by atoms with Crippen molar-refractivity contribution in [3.63, 3.8) is 0 Å². The minimum Gasteiger partial charge on any atom is -0.307 e. The summed E-state index contributed by atoms with van der Waals surface area (Å²) in [6.45, 7) is 0.924. The molecule has 1 aromatic rings. The van der Waals surface area contributed by atoms with Crippen LogP contribution in [0, 0.1) is 17.8 Å². The summed E-state index contributed by atoms with van der Waals surface area (Å²) in [5.74, 6) is 2.39. The van der Waals surface area contributed by atoms with Gasteiger partial charge in [0.05, 0.1) is 0 Å². The van der Waals surface area contributed by atoms with Crippen LogP contribution in [0.2, 0.25) is 0 Å². The number of carbonyl (C=O) groups is 1. The molecule has 3 N–H and O–H groups in total. The molecule has 0 atom stereocenters. The first-order valence-corrected chi connectivity index (χ1v) is 9.10. The van der Waals surface area contributed by atoms with E-state index in [2.05, 4.69) is 17.4 Å². The van der Waals surface area contributed by atoms with E-state index in [1.165, 1.54) is 50.2 Å². The topological polar surface area (TPSA) is 61.4 Å². The molecular formula is C20H26N2O2. The van der Waals surface area contributed by atoms with Gasteiger partial charge < -0.3 is 5.32 Å². The highest BCUT2D eigenvalue weighted by Gasteiger charge is 2.50. The fourth-order valence-corrected chi connectivity index (χ4v) is 5.57. The first-order valence-electron chi connectivity index (χ1n) is 9.10. The minimum absolute atomic E-state index is 0.395. The van der Waals surface area contributed by atoms with Crippen molar-refractivity contribution in [2.75, 3.05) is 0 Å². The van der Waals surface area contributed by atoms with Gasteiger partial charge in [-0.25, -0.2) is 5.48 Å². The second kappa shape index (κ2) is 6.34. The van der Waals surface area contributed by atoms with Crippen LogP contribution >= 0.6 is 0 Å². The highest BCUT2D eigenvalue weighted by molar-refractivity contribution is 5.90. The molecule has 4 aliphatic carbocycles. The molecule has 1 aromatic carbocycles. The number of hydrogen-bond acceptors (Lipinski definition) is 3. The van der Waals surface area contributed by atoms with Crippen LogP contribution in [-0.2, 0) is 11.3 Å². The molecule has 4 bridgehead atoms. The van der Waals surface area contributed by atoms with Crippen molar-refractivity contribution in [2.24, 2.45) is 17.8 Å². The fraction of sp³-hybridized carbons (Fsp3) is 0.550. The summed E-state index contributed by atoms with van der Waals surface area (Å²) in [6.07, 6.45) is 11.6. The molecule has 4 aliphatic rings. The third-order valence-corrected chi connectivity index (χ3v) is 6.22. The van der Waals surface area contributed by atoms with E-state index in [-0.39, 0.29) is 0 Å². The zero-order valence-corrected chi connectivity index (χ0v) is 14.0. The molecule has 5 rings (SSSR count). The third kappa shape index (κ3) is 3.26. The monoisotopic (exact) mass is 326 g/mol. The van der Waals surface area contributed by atoms with E-state index in [4.69, 9.17) is 5.21 Å². The summed E-state index contributed by atoms with van der Waals surface area (Å²) in [6, 6.07) is 8.25. The number of nitrogens with one attached hydrogen (secondary N) is 2. The van der Waals surface area contributed by atoms with Gasteiger partial charge in [0.15, 0.2) is 0 Å². The van der Waals surface area contributed by atoms with Crippen LogP contribution in [0.15, 0.2) is 30.3 Å². The first-order chi connectivity index (χ1) is 11.6. The molecule has 4 heteroatoms. The van der Waals surface area contributed by atoms with Crippen LogP contribution in [0.3, 0.4) is 0 Å². The number of rotatable bonds is 5. The molecule has 1 amide bonds. The second-order valence-electron chi connectivity index (χ2n) is 8.10. The van der Waals surface area contributed by atoms with Crippen molar-refractivity contribution in [3.05, 3.63) is 41.5 Å². The standard InChI is InChI=1S/C20H26N2O2/c23-19(22-24)6-5-14-1-3-15(4-2-14)13-21-20-10-16-7-17(11-20)9-18(8-16)12-20/h1-6,16-18,21,24H,7-13H2,(H,22,23)/b6-5+. The predicted molar refractivity (Wildman–Crippen MR) is 93.1 cm³/mol. The zero-order valence-electron chi connectivity index (χ0n) is 14.0. The quantitative estimate of drug-likeness (QED) is 0.442. The minimum atomic E-state index is -0.512. The number of hydrogen-bond donors (Lipinski definition) is 3. The Balaban J connectivity index is 1.36. The van der Waals surface area contributed by atoms with Crippen LogP contribution in [0.5, 0.6) is 0 Å². The Bertz CT molecular complexity index is 600. The Kier molecular flexibility index (Phi) is 4.19. The van der Waals surface area contributed by atoms with E-state index in [1.54, 1.807) is 11.6 Å². The van der Waals surface area contributed by atoms with E-state index in [1.807, 2.05) is 12.1 Å². The number of amides is 1. The second-order valence-corrected chi connectivity index (χ2v) is 8.10. The summed E-state index contributed by atoms with van der Waals surface area (Å²) in [5.41, 5.74) is 4.23.